The van der Waals surface area contributed by atoms with E-state index in [1.165, 1.54) is 19.3 Å². The molecular weight excluding hydrogens is 200 g/mol. The van der Waals surface area contributed by atoms with Gasteiger partial charge in [-0.3, -0.25) is 0 Å². The Balaban J connectivity index is 2.27. The van der Waals surface area contributed by atoms with Gasteiger partial charge in [-0.25, -0.2) is 0 Å². The van der Waals surface area contributed by atoms with Gasteiger partial charge in [0.05, 0.1) is 0 Å². The molecule has 1 atom stereocenters. The molecule has 0 saturated carbocycles. The van der Waals surface area contributed by atoms with Crippen LogP contribution in [0.15, 0.2) is 12.2 Å². The molecule has 0 heterocycles. The summed E-state index contributed by atoms with van der Waals surface area (Å²) >= 11 is 0. The minimum absolute atomic E-state index is 0.346. The van der Waals surface area contributed by atoms with Crippen molar-refractivity contribution in [3.8, 4) is 0 Å². The molecule has 0 N–H and O–H groups in total. The van der Waals surface area contributed by atoms with Crippen LogP contribution in [0, 0.1) is 5.92 Å². The van der Waals surface area contributed by atoms with Crippen LogP contribution in [-0.4, -0.2) is 14.9 Å². The summed E-state index contributed by atoms with van der Waals surface area (Å²) in [4.78, 5) is 0. The second-order valence-electron chi connectivity index (χ2n) is 6.16. The highest BCUT2D eigenvalue weighted by atomic mass is 28.4. The van der Waals surface area contributed by atoms with Crippen LogP contribution < -0.4 is 0 Å². The zero-order valence-electron chi connectivity index (χ0n) is 11.0. The van der Waals surface area contributed by atoms with E-state index in [0.717, 1.165) is 12.5 Å². The fourth-order valence-corrected chi connectivity index (χ4v) is 2.68. The molecule has 2 heteroatoms. The summed E-state index contributed by atoms with van der Waals surface area (Å²) in [6.07, 6.45) is 8.47. The highest BCUT2D eigenvalue weighted by Crippen LogP contribution is 2.36. The molecule has 0 unspecified atom stereocenters. The summed E-state index contributed by atoms with van der Waals surface area (Å²) < 4.78 is 6.16. The number of allylic oxidation sites excluding steroid dienone is 2. The van der Waals surface area contributed by atoms with Crippen molar-refractivity contribution < 1.29 is 4.43 Å². The molecule has 1 nitrogen and oxygen atoms in total. The molecule has 0 amide bonds. The summed E-state index contributed by atoms with van der Waals surface area (Å²) in [5, 5.41) is 0.346. The van der Waals surface area contributed by atoms with Crippen molar-refractivity contribution in [2.75, 3.05) is 6.61 Å². The van der Waals surface area contributed by atoms with E-state index in [9.17, 15) is 0 Å². The fraction of sp³-hybridized carbons (Fsp3) is 0.846. The van der Waals surface area contributed by atoms with E-state index in [4.69, 9.17) is 4.43 Å². The standard InChI is InChI=1S/C13H26OSi/c1-13(2,3)15(4,5)14-11-10-12-8-6-7-9-12/h6,8,12H,7,9-11H2,1-5H3/t12-/m1/s1. The van der Waals surface area contributed by atoms with Gasteiger partial charge in [0.25, 0.3) is 0 Å². The Morgan fingerprint density at radius 3 is 2.47 bits per heavy atom. The quantitative estimate of drug-likeness (QED) is 0.511. The highest BCUT2D eigenvalue weighted by Gasteiger charge is 2.36. The lowest BCUT2D eigenvalue weighted by Gasteiger charge is -2.36. The van der Waals surface area contributed by atoms with Gasteiger partial charge < -0.3 is 4.43 Å². The summed E-state index contributed by atoms with van der Waals surface area (Å²) in [7, 11) is -1.50. The average molecular weight is 226 g/mol. The Labute approximate surface area is 96.0 Å². The maximum atomic E-state index is 6.16. The first-order valence-corrected chi connectivity index (χ1v) is 9.04. The lowest BCUT2D eigenvalue weighted by atomic mass is 10.1. The van der Waals surface area contributed by atoms with Crippen LogP contribution in [0.25, 0.3) is 0 Å². The predicted octanol–water partition coefficient (Wildman–Crippen LogP) is 4.36. The first-order chi connectivity index (χ1) is 6.83. The van der Waals surface area contributed by atoms with Crippen LogP contribution in [0.2, 0.25) is 18.1 Å². The van der Waals surface area contributed by atoms with Gasteiger partial charge in [0.15, 0.2) is 8.32 Å². The maximum absolute atomic E-state index is 6.16. The Morgan fingerprint density at radius 2 is 2.00 bits per heavy atom. The van der Waals surface area contributed by atoms with Gasteiger partial charge in [0.1, 0.15) is 0 Å². The Morgan fingerprint density at radius 1 is 1.33 bits per heavy atom. The van der Waals surface area contributed by atoms with Crippen molar-refractivity contribution in [3.63, 3.8) is 0 Å². The van der Waals surface area contributed by atoms with E-state index >= 15 is 0 Å². The van der Waals surface area contributed by atoms with Crippen LogP contribution in [0.5, 0.6) is 0 Å². The molecule has 0 radical (unpaired) electrons. The molecule has 0 aromatic rings. The third kappa shape index (κ3) is 3.76. The normalized spacial score (nSPS) is 22.3. The van der Waals surface area contributed by atoms with Crippen LogP contribution >= 0.6 is 0 Å². The van der Waals surface area contributed by atoms with E-state index in [-0.39, 0.29) is 0 Å². The summed E-state index contributed by atoms with van der Waals surface area (Å²) in [5.74, 6) is 0.787. The molecule has 0 bridgehead atoms. The zero-order valence-corrected chi connectivity index (χ0v) is 12.0. The van der Waals surface area contributed by atoms with Crippen molar-refractivity contribution in [3.05, 3.63) is 12.2 Å². The van der Waals surface area contributed by atoms with Gasteiger partial charge in [-0.05, 0) is 43.3 Å². The molecule has 0 fully saturated rings. The lowest BCUT2D eigenvalue weighted by Crippen LogP contribution is -2.41. The predicted molar refractivity (Wildman–Crippen MR) is 69.6 cm³/mol. The van der Waals surface area contributed by atoms with Gasteiger partial charge in [-0.15, -0.1) is 0 Å². The Hall–Kier alpha value is -0.0831. The molecule has 0 spiro atoms. The average Bonchev–Trinajstić information content (AvgIpc) is 2.54. The number of hydrogen-bond acceptors (Lipinski definition) is 1. The molecule has 0 aliphatic heterocycles. The van der Waals surface area contributed by atoms with Crippen molar-refractivity contribution in [2.24, 2.45) is 5.92 Å². The molecule has 0 aromatic carbocycles. The number of rotatable bonds is 4. The van der Waals surface area contributed by atoms with Crippen LogP contribution in [0.4, 0.5) is 0 Å². The molecule has 1 rings (SSSR count). The topological polar surface area (TPSA) is 9.23 Å². The van der Waals surface area contributed by atoms with Gasteiger partial charge in [0, 0.05) is 6.61 Å². The van der Waals surface area contributed by atoms with E-state index in [1.54, 1.807) is 0 Å². The molecule has 1 aliphatic carbocycles. The van der Waals surface area contributed by atoms with Crippen LogP contribution in [-0.2, 0) is 4.43 Å². The minimum atomic E-state index is -1.50. The molecule has 1 aliphatic rings. The molecule has 0 saturated heterocycles. The Bertz CT molecular complexity index is 225. The van der Waals surface area contributed by atoms with Gasteiger partial charge >= 0.3 is 0 Å². The van der Waals surface area contributed by atoms with E-state index in [1.807, 2.05) is 0 Å². The minimum Gasteiger partial charge on any atom is -0.417 e. The van der Waals surface area contributed by atoms with Crippen molar-refractivity contribution in [1.82, 2.24) is 0 Å². The SMILES string of the molecule is CC(C)(C)[Si](C)(C)OCC[C@@H]1C=CCC1. The second kappa shape index (κ2) is 4.83. The van der Waals surface area contributed by atoms with Crippen molar-refractivity contribution in [2.45, 2.75) is 58.2 Å². The molecular formula is C13H26OSi. The van der Waals surface area contributed by atoms with E-state index in [2.05, 4.69) is 46.0 Å². The van der Waals surface area contributed by atoms with Gasteiger partial charge in [0.2, 0.25) is 0 Å². The van der Waals surface area contributed by atoms with Gasteiger partial charge in [-0.2, -0.15) is 0 Å². The third-order valence-electron chi connectivity index (χ3n) is 3.87. The Kier molecular flexibility index (Phi) is 4.18. The van der Waals surface area contributed by atoms with Crippen LogP contribution in [0.3, 0.4) is 0 Å². The third-order valence-corrected chi connectivity index (χ3v) is 8.41. The summed E-state index contributed by atoms with van der Waals surface area (Å²) in [6.45, 7) is 12.5. The number of hydrogen-bond donors (Lipinski definition) is 0. The first-order valence-electron chi connectivity index (χ1n) is 6.13. The van der Waals surface area contributed by atoms with Crippen molar-refractivity contribution >= 4 is 8.32 Å². The van der Waals surface area contributed by atoms with E-state index in [0.29, 0.717) is 5.04 Å². The smallest absolute Gasteiger partial charge is 0.191 e. The van der Waals surface area contributed by atoms with Crippen molar-refractivity contribution in [1.29, 1.82) is 0 Å². The monoisotopic (exact) mass is 226 g/mol. The summed E-state index contributed by atoms with van der Waals surface area (Å²) in [6, 6.07) is 0. The molecule has 15 heavy (non-hydrogen) atoms. The maximum Gasteiger partial charge on any atom is 0.191 e. The van der Waals surface area contributed by atoms with E-state index < -0.39 is 8.32 Å². The largest absolute Gasteiger partial charge is 0.417 e. The van der Waals surface area contributed by atoms with Gasteiger partial charge in [-0.1, -0.05) is 32.9 Å². The first kappa shape index (κ1) is 13.0. The second-order valence-corrected chi connectivity index (χ2v) is 11.0. The summed E-state index contributed by atoms with van der Waals surface area (Å²) in [5.41, 5.74) is 0. The highest BCUT2D eigenvalue weighted by molar-refractivity contribution is 6.74. The van der Waals surface area contributed by atoms with Crippen LogP contribution in [0.1, 0.15) is 40.0 Å². The fourth-order valence-electron chi connectivity index (χ4n) is 1.62. The molecule has 88 valence electrons. The molecule has 0 aromatic heterocycles. The zero-order chi connectivity index (χ0) is 11.5. The lowest BCUT2D eigenvalue weighted by molar-refractivity contribution is 0.266.